The highest BCUT2D eigenvalue weighted by Gasteiger charge is 2.29. The summed E-state index contributed by atoms with van der Waals surface area (Å²) in [5, 5.41) is 3.77. The zero-order valence-electron chi connectivity index (χ0n) is 13.4. The van der Waals surface area contributed by atoms with Crippen LogP contribution in [0, 0.1) is 11.8 Å². The number of hydrogen-bond acceptors (Lipinski definition) is 2. The molecular formula is C17H35NO. The summed E-state index contributed by atoms with van der Waals surface area (Å²) in [6, 6.07) is 0.748. The molecule has 0 saturated heterocycles. The fraction of sp³-hybridized carbons (Fsp3) is 1.00. The minimum absolute atomic E-state index is 0.748. The topological polar surface area (TPSA) is 21.3 Å². The highest BCUT2D eigenvalue weighted by Crippen LogP contribution is 2.34. The molecule has 0 spiro atoms. The third-order valence-corrected chi connectivity index (χ3v) is 4.43. The molecule has 1 N–H and O–H groups in total. The molecule has 1 rings (SSSR count). The lowest BCUT2D eigenvalue weighted by molar-refractivity contribution is 0.0952. The van der Waals surface area contributed by atoms with Crippen LogP contribution in [0.2, 0.25) is 0 Å². The molecule has 3 unspecified atom stereocenters. The Morgan fingerprint density at radius 2 is 1.79 bits per heavy atom. The van der Waals surface area contributed by atoms with E-state index in [0.717, 1.165) is 37.5 Å². The molecule has 0 aromatic rings. The second-order valence-corrected chi connectivity index (χ2v) is 6.19. The van der Waals surface area contributed by atoms with Crippen LogP contribution in [0.25, 0.3) is 0 Å². The highest BCUT2D eigenvalue weighted by molar-refractivity contribution is 4.84. The maximum absolute atomic E-state index is 5.71. The van der Waals surface area contributed by atoms with Crippen LogP contribution >= 0.6 is 0 Å². The molecule has 0 amide bonds. The van der Waals surface area contributed by atoms with Crippen LogP contribution in [-0.2, 0) is 4.74 Å². The molecule has 19 heavy (non-hydrogen) atoms. The Morgan fingerprint density at radius 3 is 2.47 bits per heavy atom. The molecule has 3 atom stereocenters. The fourth-order valence-corrected chi connectivity index (χ4v) is 3.43. The standard InChI is InChI=1S/C17H35NO/c1-4-7-15-8-9-17(18-11-5-2)16(14-15)10-13-19-12-6-3/h15-18H,4-14H2,1-3H3. The average Bonchev–Trinajstić information content (AvgIpc) is 2.43. The van der Waals surface area contributed by atoms with Crippen molar-refractivity contribution in [2.75, 3.05) is 19.8 Å². The van der Waals surface area contributed by atoms with Gasteiger partial charge in [0.05, 0.1) is 0 Å². The van der Waals surface area contributed by atoms with Gasteiger partial charge in [-0.25, -0.2) is 0 Å². The normalized spacial score (nSPS) is 27.6. The number of nitrogens with one attached hydrogen (secondary N) is 1. The van der Waals surface area contributed by atoms with Crippen LogP contribution < -0.4 is 5.32 Å². The maximum Gasteiger partial charge on any atom is 0.0469 e. The summed E-state index contributed by atoms with van der Waals surface area (Å²) in [4.78, 5) is 0. The van der Waals surface area contributed by atoms with Crippen molar-refractivity contribution in [3.05, 3.63) is 0 Å². The molecule has 0 bridgehead atoms. The molecule has 114 valence electrons. The quantitative estimate of drug-likeness (QED) is 0.594. The molecule has 0 radical (unpaired) electrons. The summed E-state index contributed by atoms with van der Waals surface area (Å²) < 4.78 is 5.71. The summed E-state index contributed by atoms with van der Waals surface area (Å²) in [5.74, 6) is 1.81. The monoisotopic (exact) mass is 269 g/mol. The van der Waals surface area contributed by atoms with Crippen molar-refractivity contribution in [2.24, 2.45) is 11.8 Å². The van der Waals surface area contributed by atoms with E-state index in [1.54, 1.807) is 0 Å². The van der Waals surface area contributed by atoms with Crippen LogP contribution in [0.1, 0.15) is 72.1 Å². The second kappa shape index (κ2) is 10.7. The average molecular weight is 269 g/mol. The minimum atomic E-state index is 0.748. The lowest BCUT2D eigenvalue weighted by Gasteiger charge is -2.37. The van der Waals surface area contributed by atoms with Crippen LogP contribution in [-0.4, -0.2) is 25.8 Å². The first-order valence-corrected chi connectivity index (χ1v) is 8.62. The second-order valence-electron chi connectivity index (χ2n) is 6.19. The summed E-state index contributed by atoms with van der Waals surface area (Å²) in [6.45, 7) is 9.83. The van der Waals surface area contributed by atoms with E-state index >= 15 is 0 Å². The molecule has 2 heteroatoms. The van der Waals surface area contributed by atoms with Gasteiger partial charge in [0.15, 0.2) is 0 Å². The minimum Gasteiger partial charge on any atom is -0.381 e. The van der Waals surface area contributed by atoms with Crippen molar-refractivity contribution < 1.29 is 4.74 Å². The van der Waals surface area contributed by atoms with Gasteiger partial charge in [-0.15, -0.1) is 0 Å². The van der Waals surface area contributed by atoms with E-state index in [1.807, 2.05) is 0 Å². The molecule has 0 aromatic carbocycles. The third-order valence-electron chi connectivity index (χ3n) is 4.43. The van der Waals surface area contributed by atoms with Crippen molar-refractivity contribution in [2.45, 2.75) is 78.2 Å². The largest absolute Gasteiger partial charge is 0.381 e. The summed E-state index contributed by atoms with van der Waals surface area (Å²) in [6.07, 6.45) is 10.6. The van der Waals surface area contributed by atoms with Gasteiger partial charge in [0.25, 0.3) is 0 Å². The first kappa shape index (κ1) is 17.0. The van der Waals surface area contributed by atoms with Gasteiger partial charge < -0.3 is 10.1 Å². The van der Waals surface area contributed by atoms with Crippen molar-refractivity contribution in [3.63, 3.8) is 0 Å². The van der Waals surface area contributed by atoms with E-state index in [0.29, 0.717) is 0 Å². The maximum atomic E-state index is 5.71. The highest BCUT2D eigenvalue weighted by atomic mass is 16.5. The van der Waals surface area contributed by atoms with E-state index in [4.69, 9.17) is 4.74 Å². The fourth-order valence-electron chi connectivity index (χ4n) is 3.43. The number of ether oxygens (including phenoxy) is 1. The third kappa shape index (κ3) is 6.76. The van der Waals surface area contributed by atoms with Crippen LogP contribution in [0.3, 0.4) is 0 Å². The molecule has 1 saturated carbocycles. The lowest BCUT2D eigenvalue weighted by atomic mass is 9.75. The van der Waals surface area contributed by atoms with Gasteiger partial charge in [-0.3, -0.25) is 0 Å². The Balaban J connectivity index is 2.35. The molecular weight excluding hydrogens is 234 g/mol. The Bertz CT molecular complexity index is 207. The van der Waals surface area contributed by atoms with Crippen molar-refractivity contribution in [1.82, 2.24) is 5.32 Å². The summed E-state index contributed by atoms with van der Waals surface area (Å²) in [7, 11) is 0. The molecule has 0 aliphatic heterocycles. The van der Waals surface area contributed by atoms with Gasteiger partial charge in [0, 0.05) is 19.3 Å². The van der Waals surface area contributed by atoms with Crippen LogP contribution in [0.4, 0.5) is 0 Å². The molecule has 2 nitrogen and oxygen atoms in total. The Kier molecular flexibility index (Phi) is 9.54. The van der Waals surface area contributed by atoms with Gasteiger partial charge in [0.2, 0.25) is 0 Å². The predicted octanol–water partition coefficient (Wildman–Crippen LogP) is 4.39. The van der Waals surface area contributed by atoms with E-state index in [2.05, 4.69) is 26.1 Å². The summed E-state index contributed by atoms with van der Waals surface area (Å²) >= 11 is 0. The van der Waals surface area contributed by atoms with E-state index in [1.165, 1.54) is 51.5 Å². The van der Waals surface area contributed by atoms with Gasteiger partial charge in [-0.2, -0.15) is 0 Å². The molecule has 1 aliphatic rings. The summed E-state index contributed by atoms with van der Waals surface area (Å²) in [5.41, 5.74) is 0. The Labute approximate surface area is 120 Å². The lowest BCUT2D eigenvalue weighted by Crippen LogP contribution is -2.41. The van der Waals surface area contributed by atoms with Crippen molar-refractivity contribution in [3.8, 4) is 0 Å². The number of hydrogen-bond donors (Lipinski definition) is 1. The zero-order valence-corrected chi connectivity index (χ0v) is 13.4. The van der Waals surface area contributed by atoms with Crippen LogP contribution in [0.5, 0.6) is 0 Å². The van der Waals surface area contributed by atoms with E-state index in [9.17, 15) is 0 Å². The predicted molar refractivity (Wildman–Crippen MR) is 83.5 cm³/mol. The first-order valence-electron chi connectivity index (χ1n) is 8.62. The van der Waals surface area contributed by atoms with Crippen LogP contribution in [0.15, 0.2) is 0 Å². The first-order chi connectivity index (χ1) is 9.31. The van der Waals surface area contributed by atoms with Gasteiger partial charge in [-0.1, -0.05) is 33.6 Å². The SMILES string of the molecule is CCCNC1CCC(CCC)CC1CCOCCC. The molecule has 0 heterocycles. The molecule has 1 fully saturated rings. The number of rotatable bonds is 10. The van der Waals surface area contributed by atoms with Crippen molar-refractivity contribution in [1.29, 1.82) is 0 Å². The van der Waals surface area contributed by atoms with Gasteiger partial charge >= 0.3 is 0 Å². The van der Waals surface area contributed by atoms with E-state index in [-0.39, 0.29) is 0 Å². The van der Waals surface area contributed by atoms with Gasteiger partial charge in [-0.05, 0) is 56.9 Å². The van der Waals surface area contributed by atoms with Gasteiger partial charge in [0.1, 0.15) is 0 Å². The molecule has 1 aliphatic carbocycles. The zero-order chi connectivity index (χ0) is 13.9. The molecule has 0 aromatic heterocycles. The Hall–Kier alpha value is -0.0800. The smallest absolute Gasteiger partial charge is 0.0469 e. The Morgan fingerprint density at radius 1 is 0.947 bits per heavy atom. The van der Waals surface area contributed by atoms with Crippen molar-refractivity contribution >= 4 is 0 Å². The van der Waals surface area contributed by atoms with E-state index < -0.39 is 0 Å².